The van der Waals surface area contributed by atoms with Crippen LogP contribution in [0.15, 0.2) is 0 Å². The Morgan fingerprint density at radius 2 is 2.27 bits per heavy atom. The summed E-state index contributed by atoms with van der Waals surface area (Å²) in [5.41, 5.74) is 0. The third-order valence-corrected chi connectivity index (χ3v) is 1.85. The highest BCUT2D eigenvalue weighted by atomic mass is 16.5. The fourth-order valence-electron chi connectivity index (χ4n) is 1.17. The lowest BCUT2D eigenvalue weighted by molar-refractivity contribution is -0.151. The molecule has 1 fully saturated rings. The molecule has 1 heterocycles. The molecule has 11 heavy (non-hydrogen) atoms. The zero-order valence-electron chi connectivity index (χ0n) is 6.56. The Labute approximate surface area is 65.7 Å². The van der Waals surface area contributed by atoms with Crippen molar-refractivity contribution in [1.29, 1.82) is 0 Å². The highest BCUT2D eigenvalue weighted by Gasteiger charge is 2.30. The van der Waals surface area contributed by atoms with Crippen LogP contribution in [0.3, 0.4) is 0 Å². The predicted molar refractivity (Wildman–Crippen MR) is 38.2 cm³/mol. The Kier molecular flexibility index (Phi) is 3.26. The van der Waals surface area contributed by atoms with Crippen LogP contribution in [0.5, 0.6) is 0 Å². The molecule has 4 heteroatoms. The largest absolute Gasteiger partial charge is 0.390 e. The molecule has 0 aromatic heterocycles. The first-order valence-electron chi connectivity index (χ1n) is 3.72. The molecule has 0 aromatic carbocycles. The fraction of sp³-hybridized carbons (Fsp3) is 1.00. The summed E-state index contributed by atoms with van der Waals surface area (Å²) in [6, 6.07) is 0. The van der Waals surface area contributed by atoms with Gasteiger partial charge in [0.2, 0.25) is 0 Å². The van der Waals surface area contributed by atoms with Gasteiger partial charge in [-0.1, -0.05) is 0 Å². The van der Waals surface area contributed by atoms with Crippen molar-refractivity contribution >= 4 is 0 Å². The van der Waals surface area contributed by atoms with Gasteiger partial charge in [-0.25, -0.2) is 0 Å². The molecule has 0 saturated carbocycles. The smallest absolute Gasteiger partial charge is 0.109 e. The van der Waals surface area contributed by atoms with E-state index in [1.165, 1.54) is 7.11 Å². The summed E-state index contributed by atoms with van der Waals surface area (Å²) in [5.74, 6) is 0. The van der Waals surface area contributed by atoms with Gasteiger partial charge in [0.05, 0.1) is 12.7 Å². The molecule has 0 radical (unpaired) electrons. The molecule has 2 N–H and O–H groups in total. The summed E-state index contributed by atoms with van der Waals surface area (Å²) in [7, 11) is 1.54. The second kappa shape index (κ2) is 4.01. The standard InChI is InChI=1S/C7H14O4/c1-10-4-6-7(9)5(8)2-3-11-6/h5-9H,2-4H2,1H3. The number of hydrogen-bond donors (Lipinski definition) is 2. The van der Waals surface area contributed by atoms with Crippen LogP contribution in [0, 0.1) is 0 Å². The molecular weight excluding hydrogens is 148 g/mol. The van der Waals surface area contributed by atoms with Crippen LogP contribution < -0.4 is 0 Å². The van der Waals surface area contributed by atoms with Crippen molar-refractivity contribution in [2.24, 2.45) is 0 Å². The monoisotopic (exact) mass is 162 g/mol. The number of ether oxygens (including phenoxy) is 2. The SMILES string of the molecule is COCC1OCCC(O)C1O. The molecule has 0 amide bonds. The molecular formula is C7H14O4. The maximum absolute atomic E-state index is 9.31. The molecule has 3 unspecified atom stereocenters. The maximum Gasteiger partial charge on any atom is 0.109 e. The van der Waals surface area contributed by atoms with E-state index in [4.69, 9.17) is 9.47 Å². The van der Waals surface area contributed by atoms with Crippen molar-refractivity contribution in [3.63, 3.8) is 0 Å². The van der Waals surface area contributed by atoms with Gasteiger partial charge >= 0.3 is 0 Å². The minimum Gasteiger partial charge on any atom is -0.390 e. The summed E-state index contributed by atoms with van der Waals surface area (Å²) in [6.07, 6.45) is -1.34. The molecule has 1 saturated heterocycles. The summed E-state index contributed by atoms with van der Waals surface area (Å²) in [6.45, 7) is 0.824. The van der Waals surface area contributed by atoms with Crippen molar-refractivity contribution in [3.8, 4) is 0 Å². The molecule has 1 rings (SSSR count). The van der Waals surface area contributed by atoms with Crippen molar-refractivity contribution < 1.29 is 19.7 Å². The first-order valence-corrected chi connectivity index (χ1v) is 3.72. The van der Waals surface area contributed by atoms with Gasteiger partial charge in [0.25, 0.3) is 0 Å². The summed E-state index contributed by atoms with van der Waals surface area (Å²) < 4.78 is 9.97. The van der Waals surface area contributed by atoms with Crippen LogP contribution in [0.1, 0.15) is 6.42 Å². The van der Waals surface area contributed by atoms with Crippen molar-refractivity contribution in [2.75, 3.05) is 20.3 Å². The highest BCUT2D eigenvalue weighted by molar-refractivity contribution is 4.80. The van der Waals surface area contributed by atoms with E-state index in [1.54, 1.807) is 0 Å². The van der Waals surface area contributed by atoms with Crippen LogP contribution in [0.4, 0.5) is 0 Å². The number of hydrogen-bond acceptors (Lipinski definition) is 4. The van der Waals surface area contributed by atoms with Gasteiger partial charge in [0.15, 0.2) is 0 Å². The van der Waals surface area contributed by atoms with Gasteiger partial charge in [-0.3, -0.25) is 0 Å². The number of rotatable bonds is 2. The Hall–Kier alpha value is -0.160. The number of aliphatic hydroxyl groups excluding tert-OH is 2. The molecule has 0 aliphatic carbocycles. The normalized spacial score (nSPS) is 39.0. The molecule has 0 spiro atoms. The lowest BCUT2D eigenvalue weighted by Crippen LogP contribution is -2.46. The summed E-state index contributed by atoms with van der Waals surface area (Å²) >= 11 is 0. The molecule has 66 valence electrons. The Morgan fingerprint density at radius 1 is 1.55 bits per heavy atom. The topological polar surface area (TPSA) is 58.9 Å². The molecule has 1 aliphatic rings. The molecule has 3 atom stereocenters. The minimum atomic E-state index is -0.802. The highest BCUT2D eigenvalue weighted by Crippen LogP contribution is 2.14. The molecule has 1 aliphatic heterocycles. The zero-order chi connectivity index (χ0) is 8.27. The quantitative estimate of drug-likeness (QED) is 0.555. The van der Waals surface area contributed by atoms with Crippen LogP contribution in [0.25, 0.3) is 0 Å². The van der Waals surface area contributed by atoms with Gasteiger partial charge in [-0.05, 0) is 6.42 Å². The van der Waals surface area contributed by atoms with Crippen LogP contribution in [-0.2, 0) is 9.47 Å². The third kappa shape index (κ3) is 2.13. The second-order valence-electron chi connectivity index (χ2n) is 2.71. The number of aliphatic hydroxyl groups is 2. The zero-order valence-corrected chi connectivity index (χ0v) is 6.56. The van der Waals surface area contributed by atoms with E-state index in [0.717, 1.165) is 0 Å². The van der Waals surface area contributed by atoms with E-state index < -0.39 is 12.2 Å². The molecule has 0 aromatic rings. The van der Waals surface area contributed by atoms with E-state index in [9.17, 15) is 10.2 Å². The van der Waals surface area contributed by atoms with Gasteiger partial charge in [-0.15, -0.1) is 0 Å². The third-order valence-electron chi connectivity index (χ3n) is 1.85. The molecule has 0 bridgehead atoms. The lowest BCUT2D eigenvalue weighted by atomic mass is 10.0. The maximum atomic E-state index is 9.31. The lowest BCUT2D eigenvalue weighted by Gasteiger charge is -2.31. The van der Waals surface area contributed by atoms with Gasteiger partial charge in [-0.2, -0.15) is 0 Å². The fourth-order valence-corrected chi connectivity index (χ4v) is 1.17. The van der Waals surface area contributed by atoms with E-state index in [1.807, 2.05) is 0 Å². The van der Waals surface area contributed by atoms with Crippen LogP contribution >= 0.6 is 0 Å². The van der Waals surface area contributed by atoms with Crippen molar-refractivity contribution in [1.82, 2.24) is 0 Å². The van der Waals surface area contributed by atoms with E-state index >= 15 is 0 Å². The van der Waals surface area contributed by atoms with E-state index in [0.29, 0.717) is 19.6 Å². The van der Waals surface area contributed by atoms with Crippen molar-refractivity contribution in [2.45, 2.75) is 24.7 Å². The summed E-state index contributed by atoms with van der Waals surface area (Å²) in [4.78, 5) is 0. The number of methoxy groups -OCH3 is 1. The second-order valence-corrected chi connectivity index (χ2v) is 2.71. The summed E-state index contributed by atoms with van der Waals surface area (Å²) in [5, 5.41) is 18.5. The Bertz CT molecular complexity index is 115. The Morgan fingerprint density at radius 3 is 2.91 bits per heavy atom. The average molecular weight is 162 g/mol. The Balaban J connectivity index is 2.38. The molecule has 4 nitrogen and oxygen atoms in total. The van der Waals surface area contributed by atoms with Crippen LogP contribution in [0.2, 0.25) is 0 Å². The predicted octanol–water partition coefficient (Wildman–Crippen LogP) is -0.857. The van der Waals surface area contributed by atoms with Crippen molar-refractivity contribution in [3.05, 3.63) is 0 Å². The van der Waals surface area contributed by atoms with E-state index in [-0.39, 0.29) is 6.10 Å². The van der Waals surface area contributed by atoms with Gasteiger partial charge in [0, 0.05) is 13.7 Å². The first-order chi connectivity index (χ1) is 5.25. The van der Waals surface area contributed by atoms with Gasteiger partial charge in [0.1, 0.15) is 12.2 Å². The minimum absolute atomic E-state index is 0.332. The van der Waals surface area contributed by atoms with Gasteiger partial charge < -0.3 is 19.7 Å². The first kappa shape index (κ1) is 8.93. The van der Waals surface area contributed by atoms with Crippen LogP contribution in [-0.4, -0.2) is 48.8 Å². The average Bonchev–Trinajstić information content (AvgIpc) is 1.99. The van der Waals surface area contributed by atoms with E-state index in [2.05, 4.69) is 0 Å².